The molecular formula is C18H25ClN4O4. The van der Waals surface area contributed by atoms with Gasteiger partial charge in [0.1, 0.15) is 5.02 Å². The number of likely N-dealkylation sites (tertiary alicyclic amines) is 1. The molecule has 1 aromatic rings. The van der Waals surface area contributed by atoms with Gasteiger partial charge in [0.2, 0.25) is 0 Å². The summed E-state index contributed by atoms with van der Waals surface area (Å²) >= 11 is 5.76. The summed E-state index contributed by atoms with van der Waals surface area (Å²) in [5, 5.41) is 16.7. The van der Waals surface area contributed by atoms with E-state index in [9.17, 15) is 19.7 Å². The quantitative estimate of drug-likeness (QED) is 0.602. The van der Waals surface area contributed by atoms with Crippen molar-refractivity contribution in [3.8, 4) is 0 Å². The predicted octanol–water partition coefficient (Wildman–Crippen LogP) is 3.20. The number of benzene rings is 1. The lowest BCUT2D eigenvalue weighted by molar-refractivity contribution is -0.384. The molecule has 0 atom stereocenters. The number of hydrogen-bond donors (Lipinski definition) is 2. The lowest BCUT2D eigenvalue weighted by Gasteiger charge is -2.34. The van der Waals surface area contributed by atoms with Gasteiger partial charge in [-0.2, -0.15) is 0 Å². The van der Waals surface area contributed by atoms with Gasteiger partial charge in [0.15, 0.2) is 0 Å². The number of rotatable bonds is 4. The summed E-state index contributed by atoms with van der Waals surface area (Å²) in [5.41, 5.74) is -0.362. The average Bonchev–Trinajstić information content (AvgIpc) is 2.58. The Kier molecular flexibility index (Phi) is 6.64. The maximum atomic E-state index is 12.3. The Hall–Kier alpha value is -2.35. The lowest BCUT2D eigenvalue weighted by Crippen LogP contribution is -2.51. The van der Waals surface area contributed by atoms with E-state index >= 15 is 0 Å². The van der Waals surface area contributed by atoms with Gasteiger partial charge in [-0.25, -0.2) is 4.79 Å². The van der Waals surface area contributed by atoms with Crippen LogP contribution in [0, 0.1) is 16.0 Å². The van der Waals surface area contributed by atoms with E-state index in [4.69, 9.17) is 11.6 Å². The normalized spacial score (nSPS) is 15.3. The van der Waals surface area contributed by atoms with Crippen LogP contribution < -0.4 is 10.6 Å². The molecule has 2 N–H and O–H groups in total. The maximum Gasteiger partial charge on any atom is 0.317 e. The minimum Gasteiger partial charge on any atom is -0.352 e. The van der Waals surface area contributed by atoms with Gasteiger partial charge in [-0.3, -0.25) is 14.9 Å². The van der Waals surface area contributed by atoms with Crippen molar-refractivity contribution in [1.82, 2.24) is 15.5 Å². The van der Waals surface area contributed by atoms with Gasteiger partial charge in [-0.05, 0) is 51.7 Å². The van der Waals surface area contributed by atoms with Crippen LogP contribution in [0.3, 0.4) is 0 Å². The summed E-state index contributed by atoms with van der Waals surface area (Å²) in [4.78, 5) is 36.5. The van der Waals surface area contributed by atoms with Gasteiger partial charge >= 0.3 is 6.03 Å². The Morgan fingerprint density at radius 2 is 1.93 bits per heavy atom. The zero-order chi connectivity index (χ0) is 20.2. The number of carbonyl (C=O) groups is 2. The molecule has 1 fully saturated rings. The number of nitrogens with one attached hydrogen (secondary N) is 2. The molecule has 1 heterocycles. The van der Waals surface area contributed by atoms with Crippen molar-refractivity contribution >= 4 is 29.2 Å². The molecule has 0 aliphatic carbocycles. The van der Waals surface area contributed by atoms with Crippen molar-refractivity contribution in [3.05, 3.63) is 38.9 Å². The second-order valence-electron chi connectivity index (χ2n) is 7.74. The summed E-state index contributed by atoms with van der Waals surface area (Å²) in [6, 6.07) is 3.92. The van der Waals surface area contributed by atoms with Gasteiger partial charge in [0.25, 0.3) is 11.6 Å². The molecule has 0 unspecified atom stereocenters. The smallest absolute Gasteiger partial charge is 0.317 e. The molecule has 1 aromatic carbocycles. The van der Waals surface area contributed by atoms with E-state index in [1.54, 1.807) is 4.90 Å². The Balaban J connectivity index is 1.83. The molecular weight excluding hydrogens is 372 g/mol. The molecule has 8 nitrogen and oxygen atoms in total. The molecule has 3 amide bonds. The maximum absolute atomic E-state index is 12.3. The molecule has 0 spiro atoms. The Bertz CT molecular complexity index is 725. The fourth-order valence-electron chi connectivity index (χ4n) is 2.87. The number of carbonyl (C=O) groups excluding carboxylic acids is 2. The van der Waals surface area contributed by atoms with Gasteiger partial charge in [-0.15, -0.1) is 0 Å². The van der Waals surface area contributed by atoms with E-state index < -0.39 is 4.92 Å². The van der Waals surface area contributed by atoms with Crippen LogP contribution in [0.4, 0.5) is 10.5 Å². The van der Waals surface area contributed by atoms with Crippen molar-refractivity contribution < 1.29 is 14.5 Å². The summed E-state index contributed by atoms with van der Waals surface area (Å²) in [7, 11) is 0. The monoisotopic (exact) mass is 396 g/mol. The molecule has 0 saturated carbocycles. The van der Waals surface area contributed by atoms with Crippen LogP contribution in [0.1, 0.15) is 44.0 Å². The zero-order valence-electron chi connectivity index (χ0n) is 15.8. The van der Waals surface area contributed by atoms with Crippen molar-refractivity contribution in [2.24, 2.45) is 5.92 Å². The van der Waals surface area contributed by atoms with Crippen molar-refractivity contribution in [2.75, 3.05) is 19.6 Å². The highest BCUT2D eigenvalue weighted by molar-refractivity contribution is 6.32. The number of amides is 3. The first-order valence-electron chi connectivity index (χ1n) is 8.86. The van der Waals surface area contributed by atoms with Crippen LogP contribution in [0.5, 0.6) is 0 Å². The number of urea groups is 1. The highest BCUT2D eigenvalue weighted by atomic mass is 35.5. The molecule has 0 radical (unpaired) electrons. The fourth-order valence-corrected chi connectivity index (χ4v) is 3.06. The van der Waals surface area contributed by atoms with Crippen molar-refractivity contribution in [1.29, 1.82) is 0 Å². The number of hydrogen-bond acceptors (Lipinski definition) is 4. The van der Waals surface area contributed by atoms with Gasteiger partial charge in [-0.1, -0.05) is 11.6 Å². The van der Waals surface area contributed by atoms with Gasteiger partial charge in [0, 0.05) is 36.8 Å². The van der Waals surface area contributed by atoms with Gasteiger partial charge in [0.05, 0.1) is 4.92 Å². The molecule has 2 rings (SSSR count). The lowest BCUT2D eigenvalue weighted by atomic mass is 9.96. The number of nitro groups is 1. The minimum absolute atomic E-state index is 0.00236. The highest BCUT2D eigenvalue weighted by Gasteiger charge is 2.25. The van der Waals surface area contributed by atoms with E-state index in [0.717, 1.165) is 12.8 Å². The first-order valence-corrected chi connectivity index (χ1v) is 9.24. The molecule has 148 valence electrons. The third kappa shape index (κ3) is 6.09. The average molecular weight is 397 g/mol. The number of piperidine rings is 1. The van der Waals surface area contributed by atoms with Crippen LogP contribution in [0.15, 0.2) is 18.2 Å². The predicted molar refractivity (Wildman–Crippen MR) is 103 cm³/mol. The van der Waals surface area contributed by atoms with E-state index in [0.29, 0.717) is 19.6 Å². The molecule has 1 saturated heterocycles. The van der Waals surface area contributed by atoms with E-state index in [2.05, 4.69) is 10.6 Å². The van der Waals surface area contributed by atoms with Crippen molar-refractivity contribution in [3.63, 3.8) is 0 Å². The number of halogens is 1. The largest absolute Gasteiger partial charge is 0.352 e. The second kappa shape index (κ2) is 8.56. The van der Waals surface area contributed by atoms with Crippen LogP contribution in [0.25, 0.3) is 0 Å². The Morgan fingerprint density at radius 3 is 2.48 bits per heavy atom. The summed E-state index contributed by atoms with van der Waals surface area (Å²) < 4.78 is 0. The molecule has 0 bridgehead atoms. The van der Waals surface area contributed by atoms with Gasteiger partial charge < -0.3 is 15.5 Å². The highest BCUT2D eigenvalue weighted by Crippen LogP contribution is 2.25. The Morgan fingerprint density at radius 1 is 1.30 bits per heavy atom. The second-order valence-corrected chi connectivity index (χ2v) is 8.15. The number of nitrogens with zero attached hydrogens (tertiary/aromatic N) is 2. The summed E-state index contributed by atoms with van der Waals surface area (Å²) in [6.45, 7) is 7.55. The molecule has 9 heteroatoms. The van der Waals surface area contributed by atoms with Crippen LogP contribution in [0.2, 0.25) is 5.02 Å². The molecule has 1 aliphatic rings. The van der Waals surface area contributed by atoms with Crippen molar-refractivity contribution in [2.45, 2.75) is 39.2 Å². The summed E-state index contributed by atoms with van der Waals surface area (Å²) in [6.07, 6.45) is 1.58. The minimum atomic E-state index is -0.614. The standard InChI is InChI=1S/C18H25ClN4O4/c1-18(2,3)21-17(25)22-8-6-12(7-9-22)11-20-16(24)13-4-5-14(19)15(10-13)23(26)27/h4-5,10,12H,6-9,11H2,1-3H3,(H,20,24)(H,21,25). The van der Waals surface area contributed by atoms with E-state index in [1.165, 1.54) is 18.2 Å². The third-order valence-corrected chi connectivity index (χ3v) is 4.66. The molecule has 27 heavy (non-hydrogen) atoms. The first-order chi connectivity index (χ1) is 12.6. The third-order valence-electron chi connectivity index (χ3n) is 4.34. The van der Waals surface area contributed by atoms with E-state index in [1.807, 2.05) is 20.8 Å². The van der Waals surface area contributed by atoms with Crippen LogP contribution in [-0.4, -0.2) is 46.9 Å². The van der Waals surface area contributed by atoms with E-state index in [-0.39, 0.29) is 39.7 Å². The fraction of sp³-hybridized carbons (Fsp3) is 0.556. The zero-order valence-corrected chi connectivity index (χ0v) is 16.5. The first kappa shape index (κ1) is 21.0. The topological polar surface area (TPSA) is 105 Å². The van der Waals surface area contributed by atoms with Crippen LogP contribution >= 0.6 is 11.6 Å². The molecule has 0 aromatic heterocycles. The Labute approximate surface area is 163 Å². The number of nitro benzene ring substituents is 1. The SMILES string of the molecule is CC(C)(C)NC(=O)N1CCC(CNC(=O)c2ccc(Cl)c([N+](=O)[O-])c2)CC1. The van der Waals surface area contributed by atoms with Crippen LogP contribution in [-0.2, 0) is 0 Å². The molecule has 1 aliphatic heterocycles. The summed E-state index contributed by atoms with van der Waals surface area (Å²) in [5.74, 6) is -0.113.